The predicted molar refractivity (Wildman–Crippen MR) is 89.7 cm³/mol. The van der Waals surface area contributed by atoms with Crippen LogP contribution in [-0.4, -0.2) is 23.3 Å². The first-order valence-corrected chi connectivity index (χ1v) is 7.14. The van der Waals surface area contributed by atoms with E-state index in [1.807, 2.05) is 6.07 Å². The molecule has 0 bridgehead atoms. The zero-order chi connectivity index (χ0) is 17.1. The van der Waals surface area contributed by atoms with E-state index in [-0.39, 0.29) is 11.3 Å². The van der Waals surface area contributed by atoms with E-state index in [0.29, 0.717) is 27.9 Å². The molecule has 0 heterocycles. The summed E-state index contributed by atoms with van der Waals surface area (Å²) in [4.78, 5) is 11.3. The number of hydrogen-bond donors (Lipinski definition) is 2. The molecule has 3 aromatic carbocycles. The summed E-state index contributed by atoms with van der Waals surface area (Å²) >= 11 is 0. The minimum atomic E-state index is -1.23. The van der Waals surface area contributed by atoms with Gasteiger partial charge in [0.05, 0.1) is 12.8 Å². The number of fused-ring (bicyclic) bond motifs is 1. The number of aromatic carboxylic acids is 1. The lowest BCUT2D eigenvalue weighted by Crippen LogP contribution is -1.97. The Bertz CT molecular complexity index is 951. The van der Waals surface area contributed by atoms with E-state index >= 15 is 0 Å². The molecule has 0 spiro atoms. The highest BCUT2D eigenvalue weighted by Crippen LogP contribution is 2.37. The van der Waals surface area contributed by atoms with E-state index in [1.54, 1.807) is 42.5 Å². The lowest BCUT2D eigenvalue weighted by Gasteiger charge is -2.07. The fourth-order valence-corrected chi connectivity index (χ4v) is 2.41. The molecule has 3 rings (SSSR count). The van der Waals surface area contributed by atoms with Crippen LogP contribution >= 0.6 is 0 Å². The molecule has 0 aliphatic heterocycles. The lowest BCUT2D eigenvalue weighted by molar-refractivity contribution is 0.0694. The van der Waals surface area contributed by atoms with Crippen LogP contribution in [0.4, 0.5) is 11.4 Å². The maximum atomic E-state index is 11.3. The molecular weight excluding hydrogens is 308 g/mol. The van der Waals surface area contributed by atoms with Gasteiger partial charge in [-0.15, -0.1) is 10.2 Å². The van der Waals surface area contributed by atoms with Gasteiger partial charge in [0.2, 0.25) is 0 Å². The number of nitrogens with zero attached hydrogens (tertiary/aromatic N) is 2. The molecule has 0 aliphatic carbocycles. The molecule has 0 fully saturated rings. The van der Waals surface area contributed by atoms with Gasteiger partial charge in [-0.3, -0.25) is 0 Å². The number of methoxy groups -OCH3 is 1. The van der Waals surface area contributed by atoms with Crippen molar-refractivity contribution in [2.75, 3.05) is 7.11 Å². The molecule has 0 radical (unpaired) electrons. The van der Waals surface area contributed by atoms with Crippen molar-refractivity contribution in [3.63, 3.8) is 0 Å². The molecule has 0 saturated carbocycles. The number of benzene rings is 3. The summed E-state index contributed by atoms with van der Waals surface area (Å²) in [6.45, 7) is 0. The van der Waals surface area contributed by atoms with E-state index in [2.05, 4.69) is 10.2 Å². The fourth-order valence-electron chi connectivity index (χ4n) is 2.41. The van der Waals surface area contributed by atoms with E-state index in [4.69, 9.17) is 4.74 Å². The second kappa shape index (κ2) is 6.37. The van der Waals surface area contributed by atoms with Crippen LogP contribution in [0.5, 0.6) is 11.5 Å². The summed E-state index contributed by atoms with van der Waals surface area (Å²) in [5.41, 5.74) is 0.656. The summed E-state index contributed by atoms with van der Waals surface area (Å²) in [6.07, 6.45) is 0. The normalized spacial score (nSPS) is 11.0. The number of aromatic hydroxyl groups is 1. The van der Waals surface area contributed by atoms with Crippen LogP contribution in [0.1, 0.15) is 10.4 Å². The third-order valence-corrected chi connectivity index (χ3v) is 3.58. The molecule has 0 unspecified atom stereocenters. The van der Waals surface area contributed by atoms with Gasteiger partial charge in [0, 0.05) is 10.8 Å². The van der Waals surface area contributed by atoms with E-state index in [0.717, 1.165) is 0 Å². The van der Waals surface area contributed by atoms with E-state index < -0.39 is 5.97 Å². The van der Waals surface area contributed by atoms with Gasteiger partial charge in [-0.1, -0.05) is 36.4 Å². The van der Waals surface area contributed by atoms with Crippen molar-refractivity contribution in [1.29, 1.82) is 0 Å². The molecule has 24 heavy (non-hydrogen) atoms. The minimum absolute atomic E-state index is 0.220. The number of rotatable bonds is 4. The fraction of sp³-hybridized carbons (Fsp3) is 0.0556. The van der Waals surface area contributed by atoms with Gasteiger partial charge >= 0.3 is 5.97 Å². The van der Waals surface area contributed by atoms with E-state index in [1.165, 1.54) is 13.2 Å². The van der Waals surface area contributed by atoms with Crippen LogP contribution in [0.2, 0.25) is 0 Å². The zero-order valence-electron chi connectivity index (χ0n) is 12.8. The highest BCUT2D eigenvalue weighted by Gasteiger charge is 2.16. The van der Waals surface area contributed by atoms with Crippen LogP contribution in [0, 0.1) is 0 Å². The molecule has 0 atom stereocenters. The number of carboxylic acid groups (broad SMARTS) is 1. The highest BCUT2D eigenvalue weighted by atomic mass is 16.5. The molecule has 6 heteroatoms. The molecule has 0 saturated heterocycles. The summed E-state index contributed by atoms with van der Waals surface area (Å²) in [5, 5.41) is 28.7. The van der Waals surface area contributed by atoms with E-state index in [9.17, 15) is 15.0 Å². The van der Waals surface area contributed by atoms with Crippen molar-refractivity contribution < 1.29 is 19.7 Å². The van der Waals surface area contributed by atoms with Crippen LogP contribution in [-0.2, 0) is 0 Å². The molecule has 2 N–H and O–H groups in total. The smallest absolute Gasteiger partial charge is 0.339 e. The van der Waals surface area contributed by atoms with Gasteiger partial charge < -0.3 is 14.9 Å². The Morgan fingerprint density at radius 3 is 2.29 bits per heavy atom. The Kier molecular flexibility index (Phi) is 4.11. The van der Waals surface area contributed by atoms with Gasteiger partial charge in [0.25, 0.3) is 0 Å². The first-order chi connectivity index (χ1) is 11.6. The quantitative estimate of drug-likeness (QED) is 0.683. The number of carboxylic acids is 1. The third-order valence-electron chi connectivity index (χ3n) is 3.58. The summed E-state index contributed by atoms with van der Waals surface area (Å²) in [5.74, 6) is -0.955. The Morgan fingerprint density at radius 2 is 1.58 bits per heavy atom. The summed E-state index contributed by atoms with van der Waals surface area (Å²) < 4.78 is 5.21. The highest BCUT2D eigenvalue weighted by molar-refractivity contribution is 6.05. The van der Waals surface area contributed by atoms with Gasteiger partial charge in [-0.05, 0) is 18.2 Å². The van der Waals surface area contributed by atoms with Crippen molar-refractivity contribution in [2.24, 2.45) is 10.2 Å². The topological polar surface area (TPSA) is 91.5 Å². The zero-order valence-corrected chi connectivity index (χ0v) is 12.8. The second-order valence-electron chi connectivity index (χ2n) is 5.01. The van der Waals surface area contributed by atoms with Crippen molar-refractivity contribution in [1.82, 2.24) is 0 Å². The second-order valence-corrected chi connectivity index (χ2v) is 5.01. The summed E-state index contributed by atoms with van der Waals surface area (Å²) in [6, 6.07) is 15.3. The molecule has 6 nitrogen and oxygen atoms in total. The van der Waals surface area contributed by atoms with Gasteiger partial charge in [-0.2, -0.15) is 0 Å². The number of phenols is 1. The largest absolute Gasteiger partial charge is 0.506 e. The predicted octanol–water partition coefficient (Wildman–Crippen LogP) is 4.67. The van der Waals surface area contributed by atoms with Crippen LogP contribution in [0.15, 0.2) is 64.8 Å². The molecule has 0 amide bonds. The lowest BCUT2D eigenvalue weighted by atomic mass is 10.0. The first kappa shape index (κ1) is 15.5. The molecule has 0 aliphatic rings. The van der Waals surface area contributed by atoms with Crippen molar-refractivity contribution in [2.45, 2.75) is 0 Å². The van der Waals surface area contributed by atoms with Crippen molar-refractivity contribution in [3.8, 4) is 11.5 Å². The maximum absolute atomic E-state index is 11.3. The average molecular weight is 322 g/mol. The van der Waals surface area contributed by atoms with Crippen LogP contribution < -0.4 is 4.74 Å². The molecule has 120 valence electrons. The number of carbonyl (C=O) groups is 1. The van der Waals surface area contributed by atoms with Crippen LogP contribution in [0.3, 0.4) is 0 Å². The standard InChI is InChI=1S/C18H14N2O4/c1-24-16-9-5-4-8-14(16)19-20-15-10-13(18(22)23)17(21)12-7-3-2-6-11(12)15/h2-10,21H,1H3,(H,22,23). The minimum Gasteiger partial charge on any atom is -0.506 e. The number of ether oxygens (including phenoxy) is 1. The van der Waals surface area contributed by atoms with Gasteiger partial charge in [0.1, 0.15) is 22.7 Å². The van der Waals surface area contributed by atoms with Crippen molar-refractivity contribution in [3.05, 3.63) is 60.2 Å². The molecular formula is C18H14N2O4. The Balaban J connectivity index is 2.17. The average Bonchev–Trinajstić information content (AvgIpc) is 2.61. The number of azo groups is 1. The van der Waals surface area contributed by atoms with Crippen LogP contribution in [0.25, 0.3) is 10.8 Å². The first-order valence-electron chi connectivity index (χ1n) is 7.14. The Morgan fingerprint density at radius 1 is 0.958 bits per heavy atom. The summed E-state index contributed by atoms with van der Waals surface area (Å²) in [7, 11) is 1.53. The SMILES string of the molecule is COc1ccccc1N=Nc1cc(C(=O)O)c(O)c2ccccc12. The third kappa shape index (κ3) is 2.77. The molecule has 0 aromatic heterocycles. The number of para-hydroxylation sites is 1. The molecule has 3 aromatic rings. The Hall–Kier alpha value is -3.41. The monoisotopic (exact) mass is 322 g/mol. The van der Waals surface area contributed by atoms with Gasteiger partial charge in [0.15, 0.2) is 0 Å². The van der Waals surface area contributed by atoms with Crippen molar-refractivity contribution >= 4 is 28.1 Å². The van der Waals surface area contributed by atoms with Gasteiger partial charge in [-0.25, -0.2) is 4.79 Å². The number of hydrogen-bond acceptors (Lipinski definition) is 5. The Labute approximate surface area is 137 Å². The maximum Gasteiger partial charge on any atom is 0.339 e.